The van der Waals surface area contributed by atoms with Crippen molar-refractivity contribution in [2.75, 3.05) is 14.2 Å². The van der Waals surface area contributed by atoms with Gasteiger partial charge in [-0.3, -0.25) is 0 Å². The summed E-state index contributed by atoms with van der Waals surface area (Å²) in [6, 6.07) is 0. The Kier molecular flexibility index (Phi) is 5.56. The summed E-state index contributed by atoms with van der Waals surface area (Å²) in [7, 11) is 2.84. The van der Waals surface area contributed by atoms with E-state index in [1.807, 2.05) is 0 Å². The van der Waals surface area contributed by atoms with Crippen LogP contribution in [0.5, 0.6) is 0 Å². The monoisotopic (exact) mass is 220 g/mol. The maximum Gasteiger partial charge on any atom is 0.330 e. The van der Waals surface area contributed by atoms with E-state index in [0.717, 1.165) is 0 Å². The van der Waals surface area contributed by atoms with E-state index in [0.29, 0.717) is 4.67 Å². The smallest absolute Gasteiger partial charge is 0.330 e. The summed E-state index contributed by atoms with van der Waals surface area (Å²) < 4.78 is 9.65. The molecule has 0 amide bonds. The van der Waals surface area contributed by atoms with Gasteiger partial charge < -0.3 is 9.47 Å². The zero-order chi connectivity index (χ0) is 8.69. The molecule has 0 rings (SSSR count). The molecule has 0 heterocycles. The Balaban J connectivity index is 3.85. The summed E-state index contributed by atoms with van der Waals surface area (Å²) in [5.74, 6) is -0.391. The van der Waals surface area contributed by atoms with Gasteiger partial charge in [-0.15, -0.1) is 0 Å². The summed E-state index contributed by atoms with van der Waals surface area (Å²) in [5, 5.41) is 0. The molecule has 0 spiro atoms. The Bertz CT molecular complexity index is 184. The number of methoxy groups -OCH3 is 2. The fourth-order valence-corrected chi connectivity index (χ4v) is 0.491. The molecule has 0 saturated carbocycles. The SMILES string of the molecule is COC(=O)/C=C/C=C(/Br)OC. The van der Waals surface area contributed by atoms with Crippen LogP contribution in [-0.4, -0.2) is 20.2 Å². The maximum absolute atomic E-state index is 10.5. The minimum absolute atomic E-state index is 0.391. The number of carbonyl (C=O) groups excluding carboxylic acids is 1. The fraction of sp³-hybridized carbons (Fsp3) is 0.286. The van der Waals surface area contributed by atoms with Gasteiger partial charge in [-0.1, -0.05) is 6.08 Å². The summed E-state index contributed by atoms with van der Waals surface area (Å²) >= 11 is 3.08. The normalized spacial score (nSPS) is 11.7. The average molecular weight is 221 g/mol. The molecule has 0 aromatic heterocycles. The topological polar surface area (TPSA) is 35.5 Å². The van der Waals surface area contributed by atoms with E-state index in [-0.39, 0.29) is 0 Å². The van der Waals surface area contributed by atoms with Crippen LogP contribution in [0.4, 0.5) is 0 Å². The average Bonchev–Trinajstić information content (AvgIpc) is 2.04. The first kappa shape index (κ1) is 10.2. The quantitative estimate of drug-likeness (QED) is 0.314. The van der Waals surface area contributed by atoms with E-state index >= 15 is 0 Å². The lowest BCUT2D eigenvalue weighted by atomic mass is 10.5. The lowest BCUT2D eigenvalue weighted by Gasteiger charge is -1.91. The molecule has 3 nitrogen and oxygen atoms in total. The standard InChI is InChI=1S/C7H9BrO3/c1-10-6(8)4-3-5-7(9)11-2/h3-5H,1-2H3/b5-3+,6-4-. The highest BCUT2D eigenvalue weighted by Gasteiger charge is 1.88. The van der Waals surface area contributed by atoms with Gasteiger partial charge in [-0.05, 0) is 22.0 Å². The number of ether oxygens (including phenoxy) is 2. The molecule has 62 valence electrons. The van der Waals surface area contributed by atoms with Crippen LogP contribution >= 0.6 is 15.9 Å². The number of halogens is 1. The molecule has 0 N–H and O–H groups in total. The molecule has 0 aliphatic heterocycles. The third-order valence-electron chi connectivity index (χ3n) is 0.856. The van der Waals surface area contributed by atoms with Crippen molar-refractivity contribution in [1.82, 2.24) is 0 Å². The maximum atomic E-state index is 10.5. The first-order chi connectivity index (χ1) is 5.20. The predicted octanol–water partition coefficient (Wildman–Crippen LogP) is 1.60. The Morgan fingerprint density at radius 3 is 2.45 bits per heavy atom. The number of esters is 1. The summed E-state index contributed by atoms with van der Waals surface area (Å²) in [4.78, 5) is 10.5. The van der Waals surface area contributed by atoms with E-state index in [4.69, 9.17) is 4.74 Å². The van der Waals surface area contributed by atoms with Crippen molar-refractivity contribution < 1.29 is 14.3 Å². The van der Waals surface area contributed by atoms with Crippen LogP contribution in [0.25, 0.3) is 0 Å². The number of allylic oxidation sites excluding steroid dienone is 2. The third kappa shape index (κ3) is 5.66. The fourth-order valence-electron chi connectivity index (χ4n) is 0.338. The summed E-state index contributed by atoms with van der Waals surface area (Å²) in [6.07, 6.45) is 4.41. The molecule has 11 heavy (non-hydrogen) atoms. The van der Waals surface area contributed by atoms with Crippen molar-refractivity contribution in [2.24, 2.45) is 0 Å². The Labute approximate surface area is 73.8 Å². The van der Waals surface area contributed by atoms with Gasteiger partial charge in [0.15, 0.2) is 4.67 Å². The molecule has 4 heteroatoms. The molecule has 0 saturated heterocycles. The molecule has 0 aliphatic rings. The molecular weight excluding hydrogens is 212 g/mol. The zero-order valence-electron chi connectivity index (χ0n) is 6.33. The van der Waals surface area contributed by atoms with E-state index in [1.165, 1.54) is 26.4 Å². The van der Waals surface area contributed by atoms with E-state index in [1.54, 1.807) is 6.08 Å². The van der Waals surface area contributed by atoms with Crippen molar-refractivity contribution in [3.8, 4) is 0 Å². The molecule has 0 aliphatic carbocycles. The molecular formula is C7H9BrO3. The van der Waals surface area contributed by atoms with Gasteiger partial charge in [0.2, 0.25) is 0 Å². The minimum atomic E-state index is -0.391. The number of rotatable bonds is 3. The van der Waals surface area contributed by atoms with Gasteiger partial charge in [0.1, 0.15) is 0 Å². The highest BCUT2D eigenvalue weighted by molar-refractivity contribution is 9.11. The minimum Gasteiger partial charge on any atom is -0.490 e. The summed E-state index contributed by atoms with van der Waals surface area (Å²) in [5.41, 5.74) is 0. The predicted molar refractivity (Wildman–Crippen MR) is 45.2 cm³/mol. The van der Waals surface area contributed by atoms with Crippen LogP contribution in [0.3, 0.4) is 0 Å². The van der Waals surface area contributed by atoms with Gasteiger partial charge in [0, 0.05) is 6.08 Å². The third-order valence-corrected chi connectivity index (χ3v) is 1.44. The van der Waals surface area contributed by atoms with Gasteiger partial charge in [-0.2, -0.15) is 0 Å². The van der Waals surface area contributed by atoms with Gasteiger partial charge >= 0.3 is 5.97 Å². The van der Waals surface area contributed by atoms with Crippen molar-refractivity contribution in [2.45, 2.75) is 0 Å². The molecule has 0 atom stereocenters. The second-order valence-electron chi connectivity index (χ2n) is 1.56. The van der Waals surface area contributed by atoms with Crippen LogP contribution in [-0.2, 0) is 14.3 Å². The molecule has 0 bridgehead atoms. The van der Waals surface area contributed by atoms with Crippen molar-refractivity contribution in [1.29, 1.82) is 0 Å². The van der Waals surface area contributed by atoms with Crippen molar-refractivity contribution in [3.63, 3.8) is 0 Å². The van der Waals surface area contributed by atoms with E-state index < -0.39 is 5.97 Å². The first-order valence-corrected chi connectivity index (χ1v) is 3.65. The molecule has 0 aromatic carbocycles. The largest absolute Gasteiger partial charge is 0.490 e. The molecule has 0 radical (unpaired) electrons. The van der Waals surface area contributed by atoms with Gasteiger partial charge in [0.05, 0.1) is 14.2 Å². The van der Waals surface area contributed by atoms with Crippen molar-refractivity contribution >= 4 is 21.9 Å². The summed E-state index contributed by atoms with van der Waals surface area (Å²) in [6.45, 7) is 0. The Morgan fingerprint density at radius 2 is 2.00 bits per heavy atom. The first-order valence-electron chi connectivity index (χ1n) is 2.86. The second kappa shape index (κ2) is 5.97. The second-order valence-corrected chi connectivity index (χ2v) is 2.34. The van der Waals surface area contributed by atoms with Crippen LogP contribution < -0.4 is 0 Å². The molecule has 0 fully saturated rings. The highest BCUT2D eigenvalue weighted by Crippen LogP contribution is 2.03. The number of hydrogen-bond acceptors (Lipinski definition) is 3. The van der Waals surface area contributed by atoms with Crippen LogP contribution in [0.1, 0.15) is 0 Å². The Morgan fingerprint density at radius 1 is 1.36 bits per heavy atom. The molecule has 0 aromatic rings. The lowest BCUT2D eigenvalue weighted by Crippen LogP contribution is -1.92. The zero-order valence-corrected chi connectivity index (χ0v) is 7.92. The molecule has 0 unspecified atom stereocenters. The van der Waals surface area contributed by atoms with Gasteiger partial charge in [0.25, 0.3) is 0 Å². The van der Waals surface area contributed by atoms with Gasteiger partial charge in [-0.25, -0.2) is 4.79 Å². The van der Waals surface area contributed by atoms with Crippen LogP contribution in [0.15, 0.2) is 22.9 Å². The highest BCUT2D eigenvalue weighted by atomic mass is 79.9. The Hall–Kier alpha value is -0.770. The van der Waals surface area contributed by atoms with Crippen LogP contribution in [0, 0.1) is 0 Å². The van der Waals surface area contributed by atoms with Crippen LogP contribution in [0.2, 0.25) is 0 Å². The van der Waals surface area contributed by atoms with E-state index in [9.17, 15) is 4.79 Å². The lowest BCUT2D eigenvalue weighted by molar-refractivity contribution is -0.134. The van der Waals surface area contributed by atoms with Crippen molar-refractivity contribution in [3.05, 3.63) is 22.9 Å². The number of hydrogen-bond donors (Lipinski definition) is 0. The number of carbonyl (C=O) groups is 1. The van der Waals surface area contributed by atoms with E-state index in [2.05, 4.69) is 20.7 Å².